The first-order chi connectivity index (χ1) is 14.7. The van der Waals surface area contributed by atoms with E-state index in [1.165, 1.54) is 6.07 Å². The molecule has 3 amide bonds. The number of urea groups is 1. The van der Waals surface area contributed by atoms with Crippen molar-refractivity contribution < 1.29 is 18.8 Å². The highest BCUT2D eigenvalue weighted by Crippen LogP contribution is 2.33. The maximum absolute atomic E-state index is 14.1. The third kappa shape index (κ3) is 3.66. The van der Waals surface area contributed by atoms with Crippen molar-refractivity contribution in [3.63, 3.8) is 0 Å². The Balaban J connectivity index is 1.59. The van der Waals surface area contributed by atoms with Gasteiger partial charge in [0.05, 0.1) is 6.54 Å². The Bertz CT molecular complexity index is 1060. The van der Waals surface area contributed by atoms with Gasteiger partial charge in [0.2, 0.25) is 0 Å². The Labute approximate surface area is 181 Å². The normalized spacial score (nSPS) is 18.4. The van der Waals surface area contributed by atoms with E-state index in [2.05, 4.69) is 5.32 Å². The first-order valence-electron chi connectivity index (χ1n) is 10.9. The van der Waals surface area contributed by atoms with E-state index in [1.807, 2.05) is 11.5 Å². The number of hydrogen-bond acceptors (Lipinski definition) is 3. The van der Waals surface area contributed by atoms with E-state index in [0.29, 0.717) is 35.3 Å². The molecule has 1 aromatic heterocycles. The second-order valence-corrected chi connectivity index (χ2v) is 8.79. The molecule has 2 heterocycles. The highest BCUT2D eigenvalue weighted by Gasteiger charge is 2.51. The molecular formula is C24H28FN3O3. The molecule has 1 N–H and O–H groups in total. The predicted molar refractivity (Wildman–Crippen MR) is 115 cm³/mol. The van der Waals surface area contributed by atoms with E-state index >= 15 is 0 Å². The summed E-state index contributed by atoms with van der Waals surface area (Å²) in [4.78, 5) is 39.9. The van der Waals surface area contributed by atoms with Crippen molar-refractivity contribution in [3.8, 4) is 5.69 Å². The van der Waals surface area contributed by atoms with Crippen molar-refractivity contribution in [2.75, 3.05) is 6.54 Å². The number of nitrogens with zero attached hydrogens (tertiary/aromatic N) is 2. The van der Waals surface area contributed by atoms with Gasteiger partial charge in [-0.15, -0.1) is 0 Å². The Hall–Kier alpha value is -2.96. The lowest BCUT2D eigenvalue weighted by molar-refractivity contribution is -0.131. The topological polar surface area (TPSA) is 71.4 Å². The summed E-state index contributed by atoms with van der Waals surface area (Å²) in [5.74, 6) is -0.908. The van der Waals surface area contributed by atoms with Crippen molar-refractivity contribution in [2.45, 2.75) is 64.8 Å². The number of amides is 3. The Morgan fingerprint density at radius 2 is 1.74 bits per heavy atom. The number of benzene rings is 1. The van der Waals surface area contributed by atoms with Crippen LogP contribution < -0.4 is 5.32 Å². The molecule has 0 radical (unpaired) electrons. The quantitative estimate of drug-likeness (QED) is 0.584. The van der Waals surface area contributed by atoms with Crippen LogP contribution in [0.15, 0.2) is 24.3 Å². The number of rotatable bonds is 4. The molecule has 0 bridgehead atoms. The minimum Gasteiger partial charge on any atom is -0.323 e. The minimum absolute atomic E-state index is 0.290. The first-order valence-corrected chi connectivity index (χ1v) is 10.9. The Morgan fingerprint density at radius 1 is 1.06 bits per heavy atom. The van der Waals surface area contributed by atoms with Gasteiger partial charge >= 0.3 is 6.03 Å². The summed E-state index contributed by atoms with van der Waals surface area (Å²) in [6.45, 7) is 5.04. The number of ketones is 1. The summed E-state index contributed by atoms with van der Waals surface area (Å²) in [5, 5.41) is 2.87. The molecule has 2 fully saturated rings. The van der Waals surface area contributed by atoms with Crippen LogP contribution in [0.5, 0.6) is 0 Å². The molecule has 2 aliphatic rings. The van der Waals surface area contributed by atoms with Crippen molar-refractivity contribution >= 4 is 17.7 Å². The lowest BCUT2D eigenvalue weighted by atomic mass is 9.90. The maximum Gasteiger partial charge on any atom is 0.325 e. The average molecular weight is 426 g/mol. The van der Waals surface area contributed by atoms with Crippen molar-refractivity contribution in [2.24, 2.45) is 0 Å². The first kappa shape index (κ1) is 21.3. The number of carbonyl (C=O) groups is 3. The predicted octanol–water partition coefficient (Wildman–Crippen LogP) is 4.37. The smallest absolute Gasteiger partial charge is 0.323 e. The zero-order valence-corrected chi connectivity index (χ0v) is 18.3. The monoisotopic (exact) mass is 425 g/mol. The van der Waals surface area contributed by atoms with E-state index in [-0.39, 0.29) is 24.1 Å². The molecule has 0 atom stereocenters. The zero-order valence-electron chi connectivity index (χ0n) is 18.3. The summed E-state index contributed by atoms with van der Waals surface area (Å²) in [6.07, 6.45) is 5.13. The van der Waals surface area contributed by atoms with Crippen LogP contribution in [0, 0.1) is 26.6 Å². The van der Waals surface area contributed by atoms with Crippen molar-refractivity contribution in [1.29, 1.82) is 0 Å². The summed E-state index contributed by atoms with van der Waals surface area (Å²) >= 11 is 0. The summed E-state index contributed by atoms with van der Waals surface area (Å²) < 4.78 is 15.9. The molecule has 31 heavy (non-hydrogen) atoms. The van der Waals surface area contributed by atoms with E-state index < -0.39 is 11.6 Å². The number of Topliss-reactive ketones (excluding diaryl/α,β-unsaturated/α-hetero) is 1. The van der Waals surface area contributed by atoms with E-state index in [4.69, 9.17) is 0 Å². The third-order valence-corrected chi connectivity index (χ3v) is 6.65. The number of hydrogen-bond donors (Lipinski definition) is 1. The van der Waals surface area contributed by atoms with Crippen molar-refractivity contribution in [1.82, 2.24) is 14.8 Å². The molecule has 1 spiro atoms. The number of carbonyl (C=O) groups excluding carboxylic acids is 3. The number of halogens is 1. The zero-order chi connectivity index (χ0) is 22.3. The van der Waals surface area contributed by atoms with Crippen LogP contribution in [0.25, 0.3) is 5.69 Å². The number of aryl methyl sites for hydroxylation is 2. The summed E-state index contributed by atoms with van der Waals surface area (Å²) in [5.41, 5.74) is 2.19. The van der Waals surface area contributed by atoms with Crippen LogP contribution in [-0.2, 0) is 4.79 Å². The second-order valence-electron chi connectivity index (χ2n) is 8.79. The maximum atomic E-state index is 14.1. The van der Waals surface area contributed by atoms with Gasteiger partial charge in [-0.3, -0.25) is 14.5 Å². The molecule has 1 aliphatic heterocycles. The lowest BCUT2D eigenvalue weighted by Crippen LogP contribution is -2.46. The van der Waals surface area contributed by atoms with Crippen LogP contribution in [0.1, 0.15) is 65.8 Å². The van der Waals surface area contributed by atoms with Gasteiger partial charge < -0.3 is 9.88 Å². The fourth-order valence-corrected chi connectivity index (χ4v) is 4.88. The Morgan fingerprint density at radius 3 is 2.39 bits per heavy atom. The molecule has 1 aromatic carbocycles. The average Bonchev–Trinajstić information content (AvgIpc) is 3.01. The molecule has 4 rings (SSSR count). The van der Waals surface area contributed by atoms with Gasteiger partial charge in [-0.05, 0) is 57.4 Å². The van der Waals surface area contributed by atoms with Gasteiger partial charge in [0.1, 0.15) is 11.4 Å². The largest absolute Gasteiger partial charge is 0.325 e. The molecule has 2 aromatic rings. The van der Waals surface area contributed by atoms with Crippen LogP contribution in [-0.4, -0.2) is 39.3 Å². The van der Waals surface area contributed by atoms with Crippen LogP contribution in [0.3, 0.4) is 0 Å². The number of aromatic nitrogens is 1. The molecule has 0 unspecified atom stereocenters. The standard InChI is InChI=1S/C24H28FN3O3/c1-15-8-9-18(13-20(15)25)28-16(2)12-19(17(28)3)21(29)14-27-22(30)24(26-23(27)31)10-6-4-5-7-11-24/h8-9,12-13H,4-7,10-11,14H2,1-3H3,(H,26,31). The summed E-state index contributed by atoms with van der Waals surface area (Å²) in [7, 11) is 0. The second kappa shape index (κ2) is 7.94. The van der Waals surface area contributed by atoms with E-state index in [1.54, 1.807) is 32.0 Å². The highest BCUT2D eigenvalue weighted by molar-refractivity contribution is 6.11. The van der Waals surface area contributed by atoms with Gasteiger partial charge in [0, 0.05) is 22.6 Å². The van der Waals surface area contributed by atoms with Gasteiger partial charge in [0.15, 0.2) is 5.78 Å². The Kier molecular flexibility index (Phi) is 5.45. The molecule has 164 valence electrons. The molecule has 1 saturated carbocycles. The lowest BCUT2D eigenvalue weighted by Gasteiger charge is -2.24. The van der Waals surface area contributed by atoms with Gasteiger partial charge in [-0.25, -0.2) is 9.18 Å². The minimum atomic E-state index is -0.857. The SMILES string of the molecule is Cc1ccc(-n2c(C)cc(C(=O)CN3C(=O)NC4(CCCCCC4)C3=O)c2C)cc1F. The van der Waals surface area contributed by atoms with Crippen LogP contribution >= 0.6 is 0 Å². The fourth-order valence-electron chi connectivity index (χ4n) is 4.88. The van der Waals surface area contributed by atoms with Crippen molar-refractivity contribution in [3.05, 3.63) is 52.6 Å². The van der Waals surface area contributed by atoms with Gasteiger partial charge in [-0.2, -0.15) is 0 Å². The van der Waals surface area contributed by atoms with Crippen LogP contribution in [0.2, 0.25) is 0 Å². The van der Waals surface area contributed by atoms with Crippen LogP contribution in [0.4, 0.5) is 9.18 Å². The van der Waals surface area contributed by atoms with E-state index in [9.17, 15) is 18.8 Å². The molecule has 7 heteroatoms. The number of imide groups is 1. The molecule has 1 saturated heterocycles. The van der Waals surface area contributed by atoms with Gasteiger partial charge in [-0.1, -0.05) is 31.7 Å². The molecule has 1 aliphatic carbocycles. The third-order valence-electron chi connectivity index (χ3n) is 6.65. The number of nitrogens with one attached hydrogen (secondary N) is 1. The summed E-state index contributed by atoms with van der Waals surface area (Å²) in [6, 6.07) is 6.19. The molecule has 6 nitrogen and oxygen atoms in total. The van der Waals surface area contributed by atoms with E-state index in [0.717, 1.165) is 36.3 Å². The van der Waals surface area contributed by atoms with Gasteiger partial charge in [0.25, 0.3) is 5.91 Å². The molecular weight excluding hydrogens is 397 g/mol. The fraction of sp³-hybridized carbons (Fsp3) is 0.458. The highest BCUT2D eigenvalue weighted by atomic mass is 19.1.